The number of nitrogens with zero attached hydrogens (tertiary/aromatic N) is 1. The Kier molecular flexibility index (Phi) is 10.2. The minimum atomic E-state index is -6.63. The summed E-state index contributed by atoms with van der Waals surface area (Å²) in [5.74, 6) is -7.24. The lowest BCUT2D eigenvalue weighted by molar-refractivity contribution is -0.348. The molecule has 0 aliphatic heterocycles. The number of carbonyl (C=O) groups excluding carboxylic acids is 2. The number of hydrogen-bond acceptors (Lipinski definition) is 4. The highest BCUT2D eigenvalue weighted by molar-refractivity contribution is 6.34. The standard InChI is InChI=1S/C27H18ClF11N2O4/c1-3-41(23(43)13-6-4-8-16(29)19(13)30)17-9-5-7-14(21(17)44-2)22(42)40-20-15(28)10-12(11-18(20)45-24(31)32)25(33,26(34,35)36)27(37,38)39/h4-11,24H,3H2,1-2H3,(H,40,42). The Bertz CT molecular complexity index is 1580. The first-order chi connectivity index (χ1) is 20.8. The smallest absolute Gasteiger partial charge is 0.435 e. The maximum absolute atomic E-state index is 14.6. The number of para-hydroxylation sites is 1. The van der Waals surface area contributed by atoms with E-state index in [0.717, 1.165) is 42.3 Å². The van der Waals surface area contributed by atoms with Crippen molar-refractivity contribution in [3.63, 3.8) is 0 Å². The Hall–Kier alpha value is -4.28. The molecule has 0 unspecified atom stereocenters. The molecule has 45 heavy (non-hydrogen) atoms. The molecule has 0 aliphatic rings. The second-order valence-corrected chi connectivity index (χ2v) is 9.23. The van der Waals surface area contributed by atoms with Crippen LogP contribution in [0.3, 0.4) is 0 Å². The monoisotopic (exact) mass is 678 g/mol. The van der Waals surface area contributed by atoms with Crippen LogP contribution in [-0.4, -0.2) is 44.4 Å². The van der Waals surface area contributed by atoms with Gasteiger partial charge in [-0.2, -0.15) is 35.1 Å². The summed E-state index contributed by atoms with van der Waals surface area (Å²) < 4.78 is 158. The number of carbonyl (C=O) groups is 2. The van der Waals surface area contributed by atoms with Crippen LogP contribution >= 0.6 is 11.6 Å². The Labute approximate surface area is 251 Å². The lowest BCUT2D eigenvalue weighted by atomic mass is 9.93. The van der Waals surface area contributed by atoms with Crippen molar-refractivity contribution < 1.29 is 67.4 Å². The van der Waals surface area contributed by atoms with Gasteiger partial charge in [-0.25, -0.2) is 13.2 Å². The third kappa shape index (κ3) is 6.72. The second-order valence-electron chi connectivity index (χ2n) is 8.83. The van der Waals surface area contributed by atoms with Crippen molar-refractivity contribution in [1.82, 2.24) is 0 Å². The molecule has 3 aromatic carbocycles. The molecule has 0 heterocycles. The first-order valence-electron chi connectivity index (χ1n) is 12.1. The number of halogens is 12. The number of methoxy groups -OCH3 is 1. The molecule has 0 saturated carbocycles. The van der Waals surface area contributed by atoms with Crippen LogP contribution in [-0.2, 0) is 5.67 Å². The van der Waals surface area contributed by atoms with Crippen molar-refractivity contribution in [2.45, 2.75) is 31.6 Å². The average Bonchev–Trinajstić information content (AvgIpc) is 2.94. The quantitative estimate of drug-likeness (QED) is 0.231. The fraction of sp³-hybridized carbons (Fsp3) is 0.259. The van der Waals surface area contributed by atoms with Crippen LogP contribution in [0.15, 0.2) is 48.5 Å². The molecule has 0 radical (unpaired) electrons. The first-order valence-corrected chi connectivity index (χ1v) is 12.5. The lowest BCUT2D eigenvalue weighted by Gasteiger charge is -2.31. The van der Waals surface area contributed by atoms with E-state index in [1.54, 1.807) is 0 Å². The molecule has 0 fully saturated rings. The van der Waals surface area contributed by atoms with E-state index in [4.69, 9.17) is 16.3 Å². The van der Waals surface area contributed by atoms with Crippen molar-refractivity contribution in [2.24, 2.45) is 0 Å². The fourth-order valence-electron chi connectivity index (χ4n) is 4.13. The van der Waals surface area contributed by atoms with Gasteiger partial charge in [0, 0.05) is 12.1 Å². The summed E-state index contributed by atoms with van der Waals surface area (Å²) in [6.07, 6.45) is -13.3. The number of hydrogen-bond donors (Lipinski definition) is 1. The summed E-state index contributed by atoms with van der Waals surface area (Å²) in [7, 11) is 1.01. The minimum Gasteiger partial charge on any atom is -0.494 e. The molecule has 0 aromatic heterocycles. The van der Waals surface area contributed by atoms with Gasteiger partial charge < -0.3 is 19.7 Å². The third-order valence-electron chi connectivity index (χ3n) is 6.16. The van der Waals surface area contributed by atoms with E-state index in [1.165, 1.54) is 13.0 Å². The molecule has 1 N–H and O–H groups in total. The predicted molar refractivity (Wildman–Crippen MR) is 138 cm³/mol. The van der Waals surface area contributed by atoms with Crippen LogP contribution in [0.1, 0.15) is 33.2 Å². The molecular formula is C27H18ClF11N2O4. The van der Waals surface area contributed by atoms with Crippen LogP contribution in [0.5, 0.6) is 11.5 Å². The largest absolute Gasteiger partial charge is 0.494 e. The van der Waals surface area contributed by atoms with Crippen molar-refractivity contribution in [3.8, 4) is 11.5 Å². The second kappa shape index (κ2) is 13.0. The Morgan fingerprint density at radius 2 is 1.51 bits per heavy atom. The molecule has 3 aromatic rings. The van der Waals surface area contributed by atoms with Crippen LogP contribution in [0.4, 0.5) is 59.7 Å². The summed E-state index contributed by atoms with van der Waals surface area (Å²) >= 11 is 5.78. The molecule has 0 spiro atoms. The number of anilines is 2. The fourth-order valence-corrected chi connectivity index (χ4v) is 4.39. The maximum atomic E-state index is 14.6. The third-order valence-corrected chi connectivity index (χ3v) is 6.46. The topological polar surface area (TPSA) is 67.9 Å². The summed E-state index contributed by atoms with van der Waals surface area (Å²) in [5, 5.41) is 0.616. The molecule has 3 rings (SSSR count). The SMILES string of the molecule is CCN(C(=O)c1cccc(F)c1F)c1cccc(C(=O)Nc2c(Cl)cc(C(F)(C(F)(F)F)C(F)(F)F)cc2OC(F)F)c1OC. The first kappa shape index (κ1) is 35.2. The molecule has 18 heteroatoms. The van der Waals surface area contributed by atoms with Crippen LogP contribution in [0.25, 0.3) is 0 Å². The highest BCUT2D eigenvalue weighted by Crippen LogP contribution is 2.55. The minimum absolute atomic E-state index is 0.185. The lowest BCUT2D eigenvalue weighted by Crippen LogP contribution is -2.50. The van der Waals surface area contributed by atoms with E-state index in [1.807, 2.05) is 5.32 Å². The average molecular weight is 679 g/mol. The number of nitrogens with one attached hydrogen (secondary N) is 1. The van der Waals surface area contributed by atoms with Crippen molar-refractivity contribution in [3.05, 3.63) is 81.9 Å². The number of ether oxygens (including phenoxy) is 2. The van der Waals surface area contributed by atoms with Gasteiger partial charge in [-0.1, -0.05) is 23.7 Å². The van der Waals surface area contributed by atoms with Crippen molar-refractivity contribution in [2.75, 3.05) is 23.9 Å². The number of amides is 2. The molecule has 0 bridgehead atoms. The van der Waals surface area contributed by atoms with E-state index in [2.05, 4.69) is 4.74 Å². The summed E-state index contributed by atoms with van der Waals surface area (Å²) in [5.41, 5.74) is -10.9. The normalized spacial score (nSPS) is 12.2. The summed E-state index contributed by atoms with van der Waals surface area (Å²) in [4.78, 5) is 27.2. The zero-order valence-corrected chi connectivity index (χ0v) is 23.3. The van der Waals surface area contributed by atoms with Crippen molar-refractivity contribution in [1.29, 1.82) is 0 Å². The Morgan fingerprint density at radius 1 is 0.933 bits per heavy atom. The van der Waals surface area contributed by atoms with Gasteiger partial charge in [-0.15, -0.1) is 0 Å². The van der Waals surface area contributed by atoms with E-state index in [9.17, 15) is 57.9 Å². The molecule has 0 saturated heterocycles. The van der Waals surface area contributed by atoms with E-state index < -0.39 is 87.0 Å². The zero-order chi connectivity index (χ0) is 34.1. The molecule has 0 aliphatic carbocycles. The van der Waals surface area contributed by atoms with Gasteiger partial charge in [-0.3, -0.25) is 9.59 Å². The summed E-state index contributed by atoms with van der Waals surface area (Å²) in [6.45, 7) is -2.69. The van der Waals surface area contributed by atoms with Gasteiger partial charge in [0.2, 0.25) is 0 Å². The van der Waals surface area contributed by atoms with E-state index in [-0.39, 0.29) is 24.4 Å². The zero-order valence-electron chi connectivity index (χ0n) is 22.5. The van der Waals surface area contributed by atoms with Gasteiger partial charge in [0.25, 0.3) is 11.8 Å². The molecule has 0 atom stereocenters. The van der Waals surface area contributed by atoms with Crippen LogP contribution < -0.4 is 19.7 Å². The molecule has 244 valence electrons. The Balaban J connectivity index is 2.13. The molecule has 2 amide bonds. The number of alkyl halides is 9. The van der Waals surface area contributed by atoms with Gasteiger partial charge >= 0.3 is 24.6 Å². The Morgan fingerprint density at radius 3 is 2.04 bits per heavy atom. The molecular weight excluding hydrogens is 661 g/mol. The highest BCUT2D eigenvalue weighted by atomic mass is 35.5. The summed E-state index contributed by atoms with van der Waals surface area (Å²) in [6, 6.07) is 5.68. The van der Waals surface area contributed by atoms with Crippen molar-refractivity contribution >= 4 is 34.8 Å². The van der Waals surface area contributed by atoms with Gasteiger partial charge in [0.1, 0.15) is 5.69 Å². The van der Waals surface area contributed by atoms with Crippen LogP contribution in [0, 0.1) is 11.6 Å². The van der Waals surface area contributed by atoms with E-state index >= 15 is 0 Å². The van der Waals surface area contributed by atoms with E-state index in [0.29, 0.717) is 0 Å². The predicted octanol–water partition coefficient (Wildman–Crippen LogP) is 8.44. The number of rotatable bonds is 9. The number of benzene rings is 3. The van der Waals surface area contributed by atoms with Crippen LogP contribution in [0.2, 0.25) is 5.02 Å². The van der Waals surface area contributed by atoms with Gasteiger partial charge in [0.15, 0.2) is 23.1 Å². The molecule has 6 nitrogen and oxygen atoms in total. The maximum Gasteiger partial charge on any atom is 0.435 e. The van der Waals surface area contributed by atoms with Gasteiger partial charge in [-0.05, 0) is 43.3 Å². The highest BCUT2D eigenvalue weighted by Gasteiger charge is 2.73. The van der Waals surface area contributed by atoms with Gasteiger partial charge in [0.05, 0.1) is 28.9 Å².